The van der Waals surface area contributed by atoms with Crippen LogP contribution in [0.5, 0.6) is 0 Å². The average Bonchev–Trinajstić information content (AvgIpc) is 2.50. The first-order chi connectivity index (χ1) is 10.3. The van der Waals surface area contributed by atoms with Gasteiger partial charge in [-0.2, -0.15) is 0 Å². The molecule has 10 heteroatoms. The van der Waals surface area contributed by atoms with Gasteiger partial charge in [-0.3, -0.25) is 0 Å². The van der Waals surface area contributed by atoms with Crippen molar-refractivity contribution >= 4 is 0 Å². The van der Waals surface area contributed by atoms with Crippen molar-refractivity contribution in [1.29, 1.82) is 0 Å². The minimum atomic E-state index is -1.66. The van der Waals surface area contributed by atoms with Gasteiger partial charge in [-0.25, -0.2) is 0 Å². The van der Waals surface area contributed by atoms with E-state index < -0.39 is 68.0 Å². The fourth-order valence-electron chi connectivity index (χ4n) is 2.44. The molecule has 130 valence electrons. The number of aliphatic hydroxyl groups is 7. The van der Waals surface area contributed by atoms with Crippen molar-refractivity contribution < 1.29 is 50.0 Å². The van der Waals surface area contributed by atoms with Crippen LogP contribution in [-0.4, -0.2) is 104 Å². The molecule has 0 bridgehead atoms. The lowest BCUT2D eigenvalue weighted by Crippen LogP contribution is -2.63. The van der Waals surface area contributed by atoms with Gasteiger partial charge in [0.25, 0.3) is 0 Å². The second-order valence-corrected chi connectivity index (χ2v) is 5.51. The maximum absolute atomic E-state index is 9.83. The van der Waals surface area contributed by atoms with E-state index >= 15 is 0 Å². The van der Waals surface area contributed by atoms with E-state index in [-0.39, 0.29) is 0 Å². The summed E-state index contributed by atoms with van der Waals surface area (Å²) in [5.74, 6) is 0. The summed E-state index contributed by atoms with van der Waals surface area (Å²) in [7, 11) is 0. The van der Waals surface area contributed by atoms with Gasteiger partial charge in [0.2, 0.25) is 0 Å². The average molecular weight is 326 g/mol. The van der Waals surface area contributed by atoms with Crippen LogP contribution in [0.4, 0.5) is 0 Å². The third-order valence-electron chi connectivity index (χ3n) is 3.93. The molecule has 0 aromatic carbocycles. The molecule has 2 aliphatic rings. The molecule has 0 saturated carbocycles. The SMILES string of the molecule is C[C@H]1O[C@@H](O[C@H]2O[C@H](CO)[C@@H](O)[C@H](O)[C@H]2O)[C@H](O)[C@@H](O)[C@@H]1O. The third-order valence-corrected chi connectivity index (χ3v) is 3.93. The van der Waals surface area contributed by atoms with Crippen molar-refractivity contribution in [3.63, 3.8) is 0 Å². The van der Waals surface area contributed by atoms with Gasteiger partial charge in [-0.05, 0) is 6.92 Å². The summed E-state index contributed by atoms with van der Waals surface area (Å²) in [4.78, 5) is 0. The molecule has 22 heavy (non-hydrogen) atoms. The smallest absolute Gasteiger partial charge is 0.189 e. The molecular weight excluding hydrogens is 304 g/mol. The van der Waals surface area contributed by atoms with Crippen molar-refractivity contribution in [1.82, 2.24) is 0 Å². The lowest BCUT2D eigenvalue weighted by atomic mass is 9.98. The second kappa shape index (κ2) is 7.01. The van der Waals surface area contributed by atoms with Gasteiger partial charge in [0.15, 0.2) is 12.6 Å². The highest BCUT2D eigenvalue weighted by atomic mass is 16.8. The second-order valence-electron chi connectivity index (χ2n) is 5.51. The first-order valence-corrected chi connectivity index (χ1v) is 6.93. The first kappa shape index (κ1) is 17.9. The zero-order chi connectivity index (χ0) is 16.6. The summed E-state index contributed by atoms with van der Waals surface area (Å²) in [6.45, 7) is 0.819. The molecule has 0 aromatic rings. The van der Waals surface area contributed by atoms with E-state index in [1.807, 2.05) is 0 Å². The molecule has 2 fully saturated rings. The van der Waals surface area contributed by atoms with E-state index in [9.17, 15) is 30.6 Å². The normalized spacial score (nSPS) is 53.5. The van der Waals surface area contributed by atoms with E-state index in [4.69, 9.17) is 19.3 Å². The summed E-state index contributed by atoms with van der Waals surface area (Å²) in [5.41, 5.74) is 0. The molecule has 10 nitrogen and oxygen atoms in total. The number of aliphatic hydroxyl groups excluding tert-OH is 7. The Balaban J connectivity index is 2.05. The van der Waals surface area contributed by atoms with E-state index in [1.165, 1.54) is 6.92 Å². The molecule has 2 saturated heterocycles. The zero-order valence-electron chi connectivity index (χ0n) is 11.8. The molecular formula is C12H22O10. The third kappa shape index (κ3) is 3.26. The predicted molar refractivity (Wildman–Crippen MR) is 67.2 cm³/mol. The minimum absolute atomic E-state index is 0.628. The van der Waals surface area contributed by atoms with E-state index in [1.54, 1.807) is 0 Å². The molecule has 0 radical (unpaired) electrons. The number of ether oxygens (including phenoxy) is 3. The van der Waals surface area contributed by atoms with Crippen molar-refractivity contribution in [3.05, 3.63) is 0 Å². The molecule has 2 heterocycles. The molecule has 0 aliphatic carbocycles. The topological polar surface area (TPSA) is 169 Å². The largest absolute Gasteiger partial charge is 0.394 e. The van der Waals surface area contributed by atoms with Crippen LogP contribution in [0.3, 0.4) is 0 Å². The van der Waals surface area contributed by atoms with Crippen LogP contribution < -0.4 is 0 Å². The maximum Gasteiger partial charge on any atom is 0.189 e. The zero-order valence-corrected chi connectivity index (χ0v) is 11.8. The Morgan fingerprint density at radius 1 is 0.727 bits per heavy atom. The summed E-state index contributed by atoms with van der Waals surface area (Å²) >= 11 is 0. The fraction of sp³-hybridized carbons (Fsp3) is 1.00. The Morgan fingerprint density at radius 2 is 1.23 bits per heavy atom. The van der Waals surface area contributed by atoms with Crippen LogP contribution in [0.15, 0.2) is 0 Å². The number of hydrogen-bond acceptors (Lipinski definition) is 10. The van der Waals surface area contributed by atoms with Gasteiger partial charge < -0.3 is 50.0 Å². The van der Waals surface area contributed by atoms with E-state index in [0.29, 0.717) is 0 Å². The van der Waals surface area contributed by atoms with Crippen LogP contribution >= 0.6 is 0 Å². The van der Waals surface area contributed by atoms with Crippen LogP contribution in [-0.2, 0) is 14.2 Å². The number of hydrogen-bond donors (Lipinski definition) is 7. The fourth-order valence-corrected chi connectivity index (χ4v) is 2.44. The van der Waals surface area contributed by atoms with Crippen LogP contribution in [0.2, 0.25) is 0 Å². The summed E-state index contributed by atoms with van der Waals surface area (Å²) in [6.07, 6.45) is -14.3. The van der Waals surface area contributed by atoms with Gasteiger partial charge >= 0.3 is 0 Å². The lowest BCUT2D eigenvalue weighted by molar-refractivity contribution is -0.373. The quantitative estimate of drug-likeness (QED) is 0.269. The Kier molecular flexibility index (Phi) is 5.72. The van der Waals surface area contributed by atoms with Gasteiger partial charge in [-0.1, -0.05) is 0 Å². The van der Waals surface area contributed by atoms with Gasteiger partial charge in [-0.15, -0.1) is 0 Å². The summed E-state index contributed by atoms with van der Waals surface area (Å²) in [5, 5.41) is 67.3. The molecule has 10 atom stereocenters. The summed E-state index contributed by atoms with van der Waals surface area (Å²) < 4.78 is 15.5. The van der Waals surface area contributed by atoms with Crippen molar-refractivity contribution in [2.24, 2.45) is 0 Å². The maximum atomic E-state index is 9.83. The van der Waals surface area contributed by atoms with Gasteiger partial charge in [0.05, 0.1) is 12.7 Å². The first-order valence-electron chi connectivity index (χ1n) is 6.93. The number of rotatable bonds is 3. The molecule has 0 unspecified atom stereocenters. The van der Waals surface area contributed by atoms with Crippen molar-refractivity contribution in [3.8, 4) is 0 Å². The standard InChI is InChI=1S/C12H22O10/c1-3-5(14)7(16)9(18)11(20-3)22-12-10(19)8(17)6(15)4(2-13)21-12/h3-19H,2H2,1H3/t3-,4-,5-,6-,7+,8+,9-,10-,11+,12-/m1/s1. The predicted octanol–water partition coefficient (Wildman–Crippen LogP) is -4.37. The van der Waals surface area contributed by atoms with Crippen LogP contribution in [0.1, 0.15) is 6.92 Å². The van der Waals surface area contributed by atoms with Crippen LogP contribution in [0.25, 0.3) is 0 Å². The highest BCUT2D eigenvalue weighted by Crippen LogP contribution is 2.27. The Hall–Kier alpha value is -0.400. The van der Waals surface area contributed by atoms with Crippen LogP contribution in [0, 0.1) is 0 Å². The molecule has 0 aromatic heterocycles. The molecule has 0 amide bonds. The summed E-state index contributed by atoms with van der Waals surface area (Å²) in [6, 6.07) is 0. The highest BCUT2D eigenvalue weighted by Gasteiger charge is 2.48. The van der Waals surface area contributed by atoms with Gasteiger partial charge in [0, 0.05) is 0 Å². The highest BCUT2D eigenvalue weighted by molar-refractivity contribution is 4.91. The monoisotopic (exact) mass is 326 g/mol. The Labute approximate surface area is 126 Å². The van der Waals surface area contributed by atoms with E-state index in [2.05, 4.69) is 0 Å². The van der Waals surface area contributed by atoms with Crippen molar-refractivity contribution in [2.45, 2.75) is 68.3 Å². The molecule has 7 N–H and O–H groups in total. The Bertz CT molecular complexity index is 366. The Morgan fingerprint density at radius 3 is 1.77 bits per heavy atom. The van der Waals surface area contributed by atoms with Crippen molar-refractivity contribution in [2.75, 3.05) is 6.61 Å². The van der Waals surface area contributed by atoms with E-state index in [0.717, 1.165) is 0 Å². The molecule has 2 aliphatic heterocycles. The molecule has 2 rings (SSSR count). The molecule has 0 spiro atoms. The minimum Gasteiger partial charge on any atom is -0.394 e. The lowest BCUT2D eigenvalue weighted by Gasteiger charge is -2.44. The van der Waals surface area contributed by atoms with Gasteiger partial charge in [0.1, 0.15) is 42.7 Å².